The number of carbonyl (C=O) groups is 3. The average Bonchev–Trinajstić information content (AvgIpc) is 3.53. The fourth-order valence-corrected chi connectivity index (χ4v) is 4.48. The third-order valence-corrected chi connectivity index (χ3v) is 6.80. The number of urea groups is 1. The van der Waals surface area contributed by atoms with Gasteiger partial charge in [0.1, 0.15) is 11.5 Å². The number of nitrogens with zero attached hydrogens (tertiary/aromatic N) is 5. The number of hydrogen-bond donors (Lipinski definition) is 2. The van der Waals surface area contributed by atoms with Gasteiger partial charge in [-0.05, 0) is 36.8 Å². The minimum absolute atomic E-state index is 0.199. The Balaban J connectivity index is 0.00000226. The number of aromatic amines is 1. The van der Waals surface area contributed by atoms with Gasteiger partial charge in [-0.15, -0.1) is 0 Å². The van der Waals surface area contributed by atoms with Crippen LogP contribution in [0.25, 0.3) is 10.9 Å². The van der Waals surface area contributed by atoms with E-state index >= 15 is 0 Å². The van der Waals surface area contributed by atoms with E-state index in [1.165, 1.54) is 16.9 Å². The number of imidazole rings is 1. The number of rotatable bonds is 9. The van der Waals surface area contributed by atoms with Crippen molar-refractivity contribution in [1.29, 1.82) is 0 Å². The summed E-state index contributed by atoms with van der Waals surface area (Å²) in [6, 6.07) is 10.8. The number of nitrogens with one attached hydrogen (secondary N) is 2. The molecule has 0 atom stereocenters. The highest BCUT2D eigenvalue weighted by Crippen LogP contribution is 2.27. The van der Waals surface area contributed by atoms with Crippen LogP contribution in [0.4, 0.5) is 22.4 Å². The summed E-state index contributed by atoms with van der Waals surface area (Å²) in [5.41, 5.74) is 3.59. The molecule has 12 heteroatoms. The molecule has 3 aromatic heterocycles. The quantitative estimate of drug-likeness (QED) is 0.194. The zero-order valence-corrected chi connectivity index (χ0v) is 25.2. The second-order valence-electron chi connectivity index (χ2n) is 9.18. The number of benzene rings is 1. The Hall–Kier alpha value is -4.38. The highest BCUT2D eigenvalue weighted by atomic mass is 35.5. The van der Waals surface area contributed by atoms with E-state index < -0.39 is 0 Å². The van der Waals surface area contributed by atoms with E-state index in [4.69, 9.17) is 16.3 Å². The molecule has 0 spiro atoms. The summed E-state index contributed by atoms with van der Waals surface area (Å²) in [6.45, 7) is 6.21. The van der Waals surface area contributed by atoms with Gasteiger partial charge in [0, 0.05) is 54.9 Å². The van der Waals surface area contributed by atoms with Gasteiger partial charge in [-0.25, -0.2) is 9.78 Å². The number of aryl methyl sites for hydroxylation is 2. The van der Waals surface area contributed by atoms with Gasteiger partial charge in [-0.1, -0.05) is 37.6 Å². The number of aldehydes is 1. The summed E-state index contributed by atoms with van der Waals surface area (Å²) in [5.74, 6) is 0.700. The summed E-state index contributed by atoms with van der Waals surface area (Å²) >= 11 is 6.28. The van der Waals surface area contributed by atoms with Crippen LogP contribution in [-0.2, 0) is 29.5 Å². The van der Waals surface area contributed by atoms with E-state index in [0.717, 1.165) is 27.9 Å². The summed E-state index contributed by atoms with van der Waals surface area (Å²) < 4.78 is 6.28. The number of ether oxygens (including phenoxy) is 1. The maximum absolute atomic E-state index is 13.3. The largest absolute Gasteiger partial charge is 0.469 e. The fraction of sp³-hybridized carbons (Fsp3) is 0.345. The standard InChI is InChI=1S/C27H30ClN7O4.C2H6/c1-16-9-11-23(30-20(16)10-12-24(37)39-5)31-26-32-25(22(15-36)34(26)3)35(4)27(38)33(2)14-17-13-18-19(28)7-6-8-21(18)29-17;1-2/h6-9,11,13,15,29H,10,12,14H2,1-5H3,(H,30,31,32);1-2H3. The Bertz CT molecular complexity index is 1550. The summed E-state index contributed by atoms with van der Waals surface area (Å²) in [5, 5.41) is 4.62. The number of amides is 2. The molecule has 11 nitrogen and oxygen atoms in total. The van der Waals surface area contributed by atoms with Crippen molar-refractivity contribution in [1.82, 2.24) is 24.4 Å². The van der Waals surface area contributed by atoms with Crippen LogP contribution in [0.2, 0.25) is 5.02 Å². The minimum atomic E-state index is -0.355. The van der Waals surface area contributed by atoms with Crippen molar-refractivity contribution in [2.75, 3.05) is 31.4 Å². The second-order valence-corrected chi connectivity index (χ2v) is 9.58. The topological polar surface area (TPSA) is 125 Å². The van der Waals surface area contributed by atoms with Gasteiger partial charge in [0.05, 0.1) is 20.1 Å². The average molecular weight is 582 g/mol. The molecule has 0 unspecified atom stereocenters. The number of carbonyl (C=O) groups excluding carboxylic acids is 3. The molecule has 0 radical (unpaired) electrons. The molecule has 0 bridgehead atoms. The van der Waals surface area contributed by atoms with Gasteiger partial charge in [0.15, 0.2) is 12.1 Å². The summed E-state index contributed by atoms with van der Waals surface area (Å²) in [6.07, 6.45) is 1.29. The molecule has 0 saturated heterocycles. The Morgan fingerprint density at radius 2 is 1.90 bits per heavy atom. The number of esters is 1. The van der Waals surface area contributed by atoms with Crippen LogP contribution in [0.15, 0.2) is 36.4 Å². The second kappa shape index (κ2) is 13.8. The third-order valence-electron chi connectivity index (χ3n) is 6.47. The fourth-order valence-electron chi connectivity index (χ4n) is 4.25. The maximum Gasteiger partial charge on any atom is 0.325 e. The highest BCUT2D eigenvalue weighted by Gasteiger charge is 2.25. The van der Waals surface area contributed by atoms with Crippen molar-refractivity contribution in [3.8, 4) is 0 Å². The molecule has 2 N–H and O–H groups in total. The summed E-state index contributed by atoms with van der Waals surface area (Å²) in [7, 11) is 6.25. The van der Waals surface area contributed by atoms with Gasteiger partial charge in [-0.3, -0.25) is 14.5 Å². The number of hydrogen-bond acceptors (Lipinski definition) is 7. The first-order chi connectivity index (χ1) is 19.6. The molecule has 1 aromatic carbocycles. The third kappa shape index (κ3) is 7.04. The number of fused-ring (bicyclic) bond motifs is 1. The van der Waals surface area contributed by atoms with Gasteiger partial charge in [-0.2, -0.15) is 4.98 Å². The maximum atomic E-state index is 13.3. The Kier molecular flexibility index (Phi) is 10.5. The van der Waals surface area contributed by atoms with Crippen LogP contribution in [0.1, 0.15) is 47.7 Å². The number of anilines is 3. The minimum Gasteiger partial charge on any atom is -0.469 e. The van der Waals surface area contributed by atoms with Crippen LogP contribution < -0.4 is 10.2 Å². The molecule has 0 fully saturated rings. The number of H-pyrrole nitrogens is 1. The predicted octanol–water partition coefficient (Wildman–Crippen LogP) is 5.63. The molecule has 0 aliphatic heterocycles. The van der Waals surface area contributed by atoms with Crippen LogP contribution in [0.5, 0.6) is 0 Å². The van der Waals surface area contributed by atoms with Crippen LogP contribution in [-0.4, -0.2) is 63.9 Å². The smallest absolute Gasteiger partial charge is 0.325 e. The van der Waals surface area contributed by atoms with Crippen molar-refractivity contribution in [3.63, 3.8) is 0 Å². The van der Waals surface area contributed by atoms with Gasteiger partial charge < -0.3 is 24.5 Å². The lowest BCUT2D eigenvalue weighted by atomic mass is 10.1. The molecular weight excluding hydrogens is 546 g/mol. The molecule has 3 heterocycles. The van der Waals surface area contributed by atoms with Crippen molar-refractivity contribution in [2.45, 2.75) is 40.2 Å². The van der Waals surface area contributed by atoms with E-state index in [9.17, 15) is 14.4 Å². The number of methoxy groups -OCH3 is 1. The molecule has 0 aliphatic carbocycles. The monoisotopic (exact) mass is 581 g/mol. The molecule has 2 amide bonds. The number of halogens is 1. The van der Waals surface area contributed by atoms with E-state index in [2.05, 4.69) is 20.3 Å². The van der Waals surface area contributed by atoms with E-state index in [-0.39, 0.29) is 29.9 Å². The lowest BCUT2D eigenvalue weighted by Gasteiger charge is -2.23. The van der Waals surface area contributed by atoms with Gasteiger partial charge in [0.25, 0.3) is 0 Å². The molecule has 0 aliphatic rings. The van der Waals surface area contributed by atoms with Crippen LogP contribution >= 0.6 is 11.6 Å². The molecule has 0 saturated carbocycles. The number of pyridine rings is 1. The van der Waals surface area contributed by atoms with Gasteiger partial charge in [0.2, 0.25) is 5.95 Å². The Morgan fingerprint density at radius 3 is 2.56 bits per heavy atom. The van der Waals surface area contributed by atoms with Gasteiger partial charge >= 0.3 is 12.0 Å². The van der Waals surface area contributed by atoms with Crippen LogP contribution in [0, 0.1) is 6.92 Å². The molecule has 4 aromatic rings. The van der Waals surface area contributed by atoms with E-state index in [1.54, 1.807) is 31.8 Å². The zero-order valence-electron chi connectivity index (χ0n) is 24.4. The summed E-state index contributed by atoms with van der Waals surface area (Å²) in [4.78, 5) is 52.1. The lowest BCUT2D eigenvalue weighted by molar-refractivity contribution is -0.140. The van der Waals surface area contributed by atoms with Crippen molar-refractivity contribution in [2.24, 2.45) is 7.05 Å². The molecular formula is C29H36ClN7O4. The van der Waals surface area contributed by atoms with E-state index in [0.29, 0.717) is 36.0 Å². The molecule has 41 heavy (non-hydrogen) atoms. The van der Waals surface area contributed by atoms with E-state index in [1.807, 2.05) is 51.1 Å². The SMILES string of the molecule is CC.COC(=O)CCc1nc(Nc2nc(N(C)C(=O)N(C)Cc3cc4c(Cl)cccc4[nH]3)c(C=O)n2C)ccc1C. The predicted molar refractivity (Wildman–Crippen MR) is 161 cm³/mol. The first-order valence-electron chi connectivity index (χ1n) is 13.2. The van der Waals surface area contributed by atoms with Crippen LogP contribution in [0.3, 0.4) is 0 Å². The first-order valence-corrected chi connectivity index (χ1v) is 13.6. The Morgan fingerprint density at radius 1 is 1.17 bits per heavy atom. The molecule has 4 rings (SSSR count). The highest BCUT2D eigenvalue weighted by molar-refractivity contribution is 6.35. The van der Waals surface area contributed by atoms with Crippen molar-refractivity contribution >= 4 is 58.4 Å². The lowest BCUT2D eigenvalue weighted by Crippen LogP contribution is -2.39. The molecule has 218 valence electrons. The zero-order chi connectivity index (χ0) is 30.3. The normalized spacial score (nSPS) is 10.5. The Labute approximate surface area is 244 Å². The van der Waals surface area contributed by atoms with Crippen molar-refractivity contribution < 1.29 is 19.1 Å². The number of aromatic nitrogens is 4. The van der Waals surface area contributed by atoms with Crippen molar-refractivity contribution in [3.05, 3.63) is 64.1 Å². The first kappa shape index (κ1) is 31.2.